The number of nitrogens with one attached hydrogen (secondary N) is 1. The van der Waals surface area contributed by atoms with Crippen molar-refractivity contribution in [3.8, 4) is 5.75 Å². The van der Waals surface area contributed by atoms with Gasteiger partial charge < -0.3 is 14.6 Å². The molecule has 0 aliphatic carbocycles. The summed E-state index contributed by atoms with van der Waals surface area (Å²) in [7, 11) is 1.60. The van der Waals surface area contributed by atoms with E-state index in [1.807, 2.05) is 41.3 Å². The lowest BCUT2D eigenvalue weighted by atomic mass is 10.0. The zero-order valence-corrected chi connectivity index (χ0v) is 13.0. The van der Waals surface area contributed by atoms with Crippen molar-refractivity contribution in [2.45, 2.75) is 13.0 Å². The van der Waals surface area contributed by atoms with E-state index in [-0.39, 0.29) is 5.91 Å². The highest BCUT2D eigenvalue weighted by Crippen LogP contribution is 2.29. The maximum Gasteiger partial charge on any atom is 0.257 e. The van der Waals surface area contributed by atoms with Crippen LogP contribution in [0.1, 0.15) is 21.6 Å². The van der Waals surface area contributed by atoms with E-state index in [1.165, 1.54) is 16.6 Å². The third kappa shape index (κ3) is 2.27. The molecule has 3 aromatic rings. The molecule has 0 atom stereocenters. The average molecular weight is 306 g/mol. The number of nitrogens with zero attached hydrogens (tertiary/aromatic N) is 1. The van der Waals surface area contributed by atoms with Crippen molar-refractivity contribution in [1.82, 2.24) is 9.88 Å². The van der Waals surface area contributed by atoms with E-state index in [9.17, 15) is 4.79 Å². The number of methoxy groups -OCH3 is 1. The number of hydrogen-bond acceptors (Lipinski definition) is 2. The Labute approximate surface area is 134 Å². The molecule has 4 nitrogen and oxygen atoms in total. The third-order valence-electron chi connectivity index (χ3n) is 4.51. The highest BCUT2D eigenvalue weighted by molar-refractivity contribution is 5.97. The highest BCUT2D eigenvalue weighted by Gasteiger charge is 2.26. The molecule has 1 N–H and O–H groups in total. The summed E-state index contributed by atoms with van der Waals surface area (Å²) in [5.74, 6) is 0.653. The third-order valence-corrected chi connectivity index (χ3v) is 4.51. The summed E-state index contributed by atoms with van der Waals surface area (Å²) in [6, 6.07) is 15.7. The van der Waals surface area contributed by atoms with E-state index in [0.717, 1.165) is 18.5 Å². The molecule has 0 spiro atoms. The Morgan fingerprint density at radius 1 is 1.13 bits per heavy atom. The van der Waals surface area contributed by atoms with Gasteiger partial charge in [0.15, 0.2) is 0 Å². The largest absolute Gasteiger partial charge is 0.496 e. The van der Waals surface area contributed by atoms with Gasteiger partial charge in [-0.1, -0.05) is 30.3 Å². The molecule has 4 heteroatoms. The number of rotatable bonds is 2. The minimum Gasteiger partial charge on any atom is -0.496 e. The van der Waals surface area contributed by atoms with Crippen LogP contribution in [0.3, 0.4) is 0 Å². The lowest BCUT2D eigenvalue weighted by molar-refractivity contribution is 0.0731. The van der Waals surface area contributed by atoms with E-state index in [1.54, 1.807) is 7.11 Å². The Bertz CT molecular complexity index is 882. The lowest BCUT2D eigenvalue weighted by Crippen LogP contribution is -2.36. The average Bonchev–Trinajstić information content (AvgIpc) is 2.99. The van der Waals surface area contributed by atoms with Crippen LogP contribution in [0.15, 0.2) is 48.5 Å². The van der Waals surface area contributed by atoms with Crippen LogP contribution in [-0.4, -0.2) is 29.4 Å². The van der Waals surface area contributed by atoms with Gasteiger partial charge in [0.05, 0.1) is 12.7 Å². The van der Waals surface area contributed by atoms with Crippen molar-refractivity contribution in [2.24, 2.45) is 0 Å². The van der Waals surface area contributed by atoms with Gasteiger partial charge in [-0.25, -0.2) is 0 Å². The predicted octanol–water partition coefficient (Wildman–Crippen LogP) is 3.38. The lowest BCUT2D eigenvalue weighted by Gasteiger charge is -2.27. The standard InChI is InChI=1S/C19H18N2O2/c1-23-18-9-5-3-7-14(18)19(22)21-11-10-17-15(12-21)13-6-2-4-8-16(13)20-17/h2-9,20H,10-12H2,1H3. The molecular formula is C19H18N2O2. The van der Waals surface area contributed by atoms with Crippen molar-refractivity contribution in [3.05, 3.63) is 65.4 Å². The molecule has 4 rings (SSSR count). The summed E-state index contributed by atoms with van der Waals surface area (Å²) in [5, 5.41) is 1.21. The van der Waals surface area contributed by atoms with Gasteiger partial charge in [-0.05, 0) is 18.2 Å². The number of ether oxygens (including phenoxy) is 1. The van der Waals surface area contributed by atoms with Crippen LogP contribution in [0.4, 0.5) is 0 Å². The molecular weight excluding hydrogens is 288 g/mol. The van der Waals surface area contributed by atoms with Crippen LogP contribution in [-0.2, 0) is 13.0 Å². The zero-order chi connectivity index (χ0) is 15.8. The minimum absolute atomic E-state index is 0.0263. The monoisotopic (exact) mass is 306 g/mol. The first-order chi connectivity index (χ1) is 11.3. The normalized spacial score (nSPS) is 13.9. The number of aromatic amines is 1. The van der Waals surface area contributed by atoms with E-state index in [2.05, 4.69) is 17.1 Å². The number of hydrogen-bond donors (Lipinski definition) is 1. The first-order valence-electron chi connectivity index (χ1n) is 7.78. The van der Waals surface area contributed by atoms with Crippen LogP contribution in [0.5, 0.6) is 5.75 Å². The van der Waals surface area contributed by atoms with Gasteiger partial charge in [0.25, 0.3) is 5.91 Å². The fraction of sp³-hybridized carbons (Fsp3) is 0.211. The van der Waals surface area contributed by atoms with Gasteiger partial charge in [-0.3, -0.25) is 4.79 Å². The van der Waals surface area contributed by atoms with Crippen molar-refractivity contribution < 1.29 is 9.53 Å². The predicted molar refractivity (Wildman–Crippen MR) is 89.7 cm³/mol. The van der Waals surface area contributed by atoms with E-state index < -0.39 is 0 Å². The Morgan fingerprint density at radius 2 is 1.91 bits per heavy atom. The van der Waals surface area contributed by atoms with E-state index in [0.29, 0.717) is 17.9 Å². The molecule has 1 aromatic heterocycles. The second kappa shape index (κ2) is 5.47. The Kier molecular flexibility index (Phi) is 3.30. The summed E-state index contributed by atoms with van der Waals surface area (Å²) >= 11 is 0. The topological polar surface area (TPSA) is 45.3 Å². The molecule has 116 valence electrons. The molecule has 1 aliphatic heterocycles. The van der Waals surface area contributed by atoms with Crippen LogP contribution in [0.25, 0.3) is 10.9 Å². The van der Waals surface area contributed by atoms with Crippen LogP contribution >= 0.6 is 0 Å². The number of H-pyrrole nitrogens is 1. The van der Waals surface area contributed by atoms with Gasteiger partial charge in [-0.2, -0.15) is 0 Å². The highest BCUT2D eigenvalue weighted by atomic mass is 16.5. The van der Waals surface area contributed by atoms with Crippen molar-refractivity contribution in [2.75, 3.05) is 13.7 Å². The zero-order valence-electron chi connectivity index (χ0n) is 13.0. The van der Waals surface area contributed by atoms with E-state index >= 15 is 0 Å². The van der Waals surface area contributed by atoms with Crippen LogP contribution < -0.4 is 4.74 Å². The quantitative estimate of drug-likeness (QED) is 0.789. The molecule has 0 unspecified atom stereocenters. The fourth-order valence-electron chi connectivity index (χ4n) is 3.33. The van der Waals surface area contributed by atoms with Gasteiger partial charge in [0.1, 0.15) is 5.75 Å². The second-order valence-corrected chi connectivity index (χ2v) is 5.80. The molecule has 2 heterocycles. The van der Waals surface area contributed by atoms with Crippen molar-refractivity contribution in [1.29, 1.82) is 0 Å². The summed E-state index contributed by atoms with van der Waals surface area (Å²) in [4.78, 5) is 18.3. The molecule has 0 fully saturated rings. The minimum atomic E-state index is 0.0263. The van der Waals surface area contributed by atoms with Crippen molar-refractivity contribution in [3.63, 3.8) is 0 Å². The molecule has 0 radical (unpaired) electrons. The number of aromatic nitrogens is 1. The Balaban J connectivity index is 1.68. The SMILES string of the molecule is COc1ccccc1C(=O)N1CCc2[nH]c3ccccc3c2C1. The number of fused-ring (bicyclic) bond motifs is 3. The number of amides is 1. The van der Waals surface area contributed by atoms with Gasteiger partial charge in [0, 0.05) is 41.7 Å². The maximum absolute atomic E-state index is 12.9. The van der Waals surface area contributed by atoms with E-state index in [4.69, 9.17) is 4.74 Å². The number of para-hydroxylation sites is 2. The fourth-order valence-corrected chi connectivity index (χ4v) is 3.33. The molecule has 23 heavy (non-hydrogen) atoms. The van der Waals surface area contributed by atoms with Gasteiger partial charge >= 0.3 is 0 Å². The number of benzene rings is 2. The second-order valence-electron chi connectivity index (χ2n) is 5.80. The summed E-state index contributed by atoms with van der Waals surface area (Å²) in [5.41, 5.74) is 4.24. The first kappa shape index (κ1) is 13.9. The van der Waals surface area contributed by atoms with Gasteiger partial charge in [-0.15, -0.1) is 0 Å². The summed E-state index contributed by atoms with van der Waals surface area (Å²) in [6.07, 6.45) is 0.852. The molecule has 0 bridgehead atoms. The molecule has 0 saturated heterocycles. The number of carbonyl (C=O) groups excluding carboxylic acids is 1. The Hall–Kier alpha value is -2.75. The Morgan fingerprint density at radius 3 is 2.78 bits per heavy atom. The van der Waals surface area contributed by atoms with Gasteiger partial charge in [0.2, 0.25) is 0 Å². The number of carbonyl (C=O) groups is 1. The molecule has 1 amide bonds. The molecule has 1 aliphatic rings. The van der Waals surface area contributed by atoms with Crippen LogP contribution in [0, 0.1) is 0 Å². The summed E-state index contributed by atoms with van der Waals surface area (Å²) < 4.78 is 5.33. The maximum atomic E-state index is 12.9. The smallest absolute Gasteiger partial charge is 0.257 e. The molecule has 2 aromatic carbocycles. The molecule has 0 saturated carbocycles. The van der Waals surface area contributed by atoms with Crippen molar-refractivity contribution >= 4 is 16.8 Å². The van der Waals surface area contributed by atoms with Crippen LogP contribution in [0.2, 0.25) is 0 Å². The first-order valence-corrected chi connectivity index (χ1v) is 7.78. The summed E-state index contributed by atoms with van der Waals surface area (Å²) in [6.45, 7) is 1.35.